The highest BCUT2D eigenvalue weighted by Gasteiger charge is 2.26. The Bertz CT molecular complexity index is 515. The van der Waals surface area contributed by atoms with Crippen molar-refractivity contribution in [3.63, 3.8) is 0 Å². The van der Waals surface area contributed by atoms with Crippen LogP contribution in [0.15, 0.2) is 60.7 Å². The fraction of sp³-hybridized carbons (Fsp3) is 0.316. The van der Waals surface area contributed by atoms with Crippen LogP contribution in [-0.2, 0) is 4.79 Å². The van der Waals surface area contributed by atoms with Crippen molar-refractivity contribution in [2.24, 2.45) is 5.92 Å². The van der Waals surface area contributed by atoms with Crippen molar-refractivity contribution >= 4 is 5.78 Å². The lowest BCUT2D eigenvalue weighted by atomic mass is 9.86. The Hall–Kier alpha value is -1.89. The fourth-order valence-electron chi connectivity index (χ4n) is 2.75. The van der Waals surface area contributed by atoms with Gasteiger partial charge in [-0.15, -0.1) is 0 Å². The Balaban J connectivity index is 1.84. The molecule has 0 aliphatic heterocycles. The molecule has 0 bridgehead atoms. The Labute approximate surface area is 120 Å². The summed E-state index contributed by atoms with van der Waals surface area (Å²) in [5.74, 6) is 1.07. The molecule has 1 saturated carbocycles. The molecular weight excluding hydrogens is 244 g/mol. The molecule has 0 aromatic heterocycles. The van der Waals surface area contributed by atoms with E-state index < -0.39 is 0 Å². The van der Waals surface area contributed by atoms with Gasteiger partial charge in [0.2, 0.25) is 0 Å². The molecule has 0 amide bonds. The highest BCUT2D eigenvalue weighted by molar-refractivity contribution is 5.89. The van der Waals surface area contributed by atoms with E-state index in [-0.39, 0.29) is 5.92 Å². The van der Waals surface area contributed by atoms with E-state index in [9.17, 15) is 4.79 Å². The van der Waals surface area contributed by atoms with Gasteiger partial charge in [0.15, 0.2) is 0 Å². The van der Waals surface area contributed by atoms with Gasteiger partial charge in [-0.3, -0.25) is 4.79 Å². The molecule has 0 unspecified atom stereocenters. The number of Topliss-reactive ketones (excluding diaryl/α,β-unsaturated/α-hetero) is 1. The van der Waals surface area contributed by atoms with E-state index in [1.165, 1.54) is 12.8 Å². The number of carbonyl (C=O) groups is 1. The quantitative estimate of drug-likeness (QED) is 0.746. The van der Waals surface area contributed by atoms with Crippen LogP contribution < -0.4 is 0 Å². The van der Waals surface area contributed by atoms with Crippen LogP contribution in [0.4, 0.5) is 0 Å². The first kappa shape index (κ1) is 13.1. The van der Waals surface area contributed by atoms with Gasteiger partial charge in [-0.2, -0.15) is 0 Å². The highest BCUT2D eigenvalue weighted by atomic mass is 16.1. The summed E-state index contributed by atoms with van der Waals surface area (Å²) in [6.45, 7) is 0. The molecule has 3 rings (SSSR count). The lowest BCUT2D eigenvalue weighted by Gasteiger charge is -2.17. The van der Waals surface area contributed by atoms with Crippen molar-refractivity contribution < 1.29 is 4.79 Å². The first-order valence-corrected chi connectivity index (χ1v) is 7.47. The third-order valence-corrected chi connectivity index (χ3v) is 4.08. The van der Waals surface area contributed by atoms with Crippen LogP contribution in [0, 0.1) is 5.92 Å². The van der Waals surface area contributed by atoms with Gasteiger partial charge < -0.3 is 0 Å². The second-order valence-corrected chi connectivity index (χ2v) is 5.70. The van der Waals surface area contributed by atoms with Gasteiger partial charge in [-0.05, 0) is 23.5 Å². The number of hydrogen-bond donors (Lipinski definition) is 0. The predicted molar refractivity (Wildman–Crippen MR) is 81.7 cm³/mol. The van der Waals surface area contributed by atoms with Crippen LogP contribution in [0.5, 0.6) is 0 Å². The number of carbonyl (C=O) groups excluding carboxylic acids is 1. The van der Waals surface area contributed by atoms with Crippen LogP contribution >= 0.6 is 0 Å². The molecule has 0 radical (unpaired) electrons. The third-order valence-electron chi connectivity index (χ3n) is 4.08. The van der Waals surface area contributed by atoms with Crippen LogP contribution in [0.3, 0.4) is 0 Å². The zero-order valence-electron chi connectivity index (χ0n) is 11.7. The zero-order chi connectivity index (χ0) is 13.8. The summed E-state index contributed by atoms with van der Waals surface area (Å²) in [4.78, 5) is 12.7. The summed E-state index contributed by atoms with van der Waals surface area (Å²) < 4.78 is 0. The largest absolute Gasteiger partial charge is 0.299 e. The SMILES string of the molecule is O=C(CCC1CC1)C(c1ccccc1)c1ccccc1. The standard InChI is InChI=1S/C19H20O/c20-18(14-13-15-11-12-15)19(16-7-3-1-4-8-16)17-9-5-2-6-10-17/h1-10,15,19H,11-14H2. The molecule has 0 spiro atoms. The fourth-order valence-corrected chi connectivity index (χ4v) is 2.75. The van der Waals surface area contributed by atoms with Crippen LogP contribution in [0.1, 0.15) is 42.7 Å². The maximum absolute atomic E-state index is 12.7. The minimum atomic E-state index is -0.101. The van der Waals surface area contributed by atoms with Gasteiger partial charge in [0.05, 0.1) is 5.92 Å². The second kappa shape index (κ2) is 6.04. The van der Waals surface area contributed by atoms with Gasteiger partial charge in [-0.1, -0.05) is 73.5 Å². The van der Waals surface area contributed by atoms with Gasteiger partial charge in [0, 0.05) is 6.42 Å². The molecule has 1 heteroatoms. The van der Waals surface area contributed by atoms with Gasteiger partial charge in [-0.25, -0.2) is 0 Å². The van der Waals surface area contributed by atoms with Crippen molar-refractivity contribution in [1.29, 1.82) is 0 Å². The maximum Gasteiger partial charge on any atom is 0.144 e. The topological polar surface area (TPSA) is 17.1 Å². The van der Waals surface area contributed by atoms with Crippen LogP contribution in [0.2, 0.25) is 0 Å². The van der Waals surface area contributed by atoms with E-state index in [4.69, 9.17) is 0 Å². The van der Waals surface area contributed by atoms with Crippen LogP contribution in [0.25, 0.3) is 0 Å². The Kier molecular flexibility index (Phi) is 3.96. The molecule has 1 aliphatic carbocycles. The monoisotopic (exact) mass is 264 g/mol. The molecule has 1 nitrogen and oxygen atoms in total. The normalized spacial score (nSPS) is 14.4. The van der Waals surface area contributed by atoms with Crippen molar-refractivity contribution in [3.05, 3.63) is 71.8 Å². The average molecular weight is 264 g/mol. The number of hydrogen-bond acceptors (Lipinski definition) is 1. The summed E-state index contributed by atoms with van der Waals surface area (Å²) in [7, 11) is 0. The second-order valence-electron chi connectivity index (χ2n) is 5.70. The van der Waals surface area contributed by atoms with Gasteiger partial charge >= 0.3 is 0 Å². The van der Waals surface area contributed by atoms with Crippen molar-refractivity contribution in [3.8, 4) is 0 Å². The van der Waals surface area contributed by atoms with Crippen molar-refractivity contribution in [2.45, 2.75) is 31.6 Å². The number of benzene rings is 2. The minimum absolute atomic E-state index is 0.101. The lowest BCUT2D eigenvalue weighted by molar-refractivity contribution is -0.119. The first-order valence-electron chi connectivity index (χ1n) is 7.47. The van der Waals surface area contributed by atoms with Crippen molar-refractivity contribution in [2.75, 3.05) is 0 Å². The van der Waals surface area contributed by atoms with Crippen molar-refractivity contribution in [1.82, 2.24) is 0 Å². The Morgan fingerprint density at radius 1 is 0.900 bits per heavy atom. The smallest absolute Gasteiger partial charge is 0.144 e. The van der Waals surface area contributed by atoms with E-state index in [1.54, 1.807) is 0 Å². The van der Waals surface area contributed by atoms with E-state index in [0.717, 1.165) is 23.5 Å². The first-order chi connectivity index (χ1) is 9.84. The summed E-state index contributed by atoms with van der Waals surface area (Å²) in [6.07, 6.45) is 4.40. The van der Waals surface area contributed by atoms with Gasteiger partial charge in [0.25, 0.3) is 0 Å². The summed E-state index contributed by atoms with van der Waals surface area (Å²) in [5, 5.41) is 0. The number of ketones is 1. The minimum Gasteiger partial charge on any atom is -0.299 e. The molecule has 102 valence electrons. The predicted octanol–water partition coefficient (Wildman–Crippen LogP) is 4.58. The van der Waals surface area contributed by atoms with E-state index in [1.807, 2.05) is 36.4 Å². The van der Waals surface area contributed by atoms with Crippen LogP contribution in [-0.4, -0.2) is 5.78 Å². The third kappa shape index (κ3) is 3.16. The van der Waals surface area contributed by atoms with E-state index >= 15 is 0 Å². The van der Waals surface area contributed by atoms with E-state index in [0.29, 0.717) is 12.2 Å². The molecule has 2 aromatic carbocycles. The molecule has 20 heavy (non-hydrogen) atoms. The summed E-state index contributed by atoms with van der Waals surface area (Å²) in [6, 6.07) is 20.3. The van der Waals surface area contributed by atoms with Gasteiger partial charge in [0.1, 0.15) is 5.78 Å². The molecule has 2 aromatic rings. The highest BCUT2D eigenvalue weighted by Crippen LogP contribution is 2.35. The molecule has 0 saturated heterocycles. The molecule has 0 N–H and O–H groups in total. The summed E-state index contributed by atoms with van der Waals surface area (Å²) >= 11 is 0. The number of rotatable bonds is 6. The average Bonchev–Trinajstić information content (AvgIpc) is 3.32. The molecule has 1 fully saturated rings. The Morgan fingerprint density at radius 3 is 1.85 bits per heavy atom. The molecular formula is C19H20O. The molecule has 0 atom stereocenters. The van der Waals surface area contributed by atoms with E-state index in [2.05, 4.69) is 24.3 Å². The molecule has 1 aliphatic rings. The maximum atomic E-state index is 12.7. The lowest BCUT2D eigenvalue weighted by Crippen LogP contribution is -2.14. The zero-order valence-corrected chi connectivity index (χ0v) is 11.7. The Morgan fingerprint density at radius 2 is 1.40 bits per heavy atom. The summed E-state index contributed by atoms with van der Waals surface area (Å²) in [5.41, 5.74) is 2.22. The molecule has 0 heterocycles.